The van der Waals surface area contributed by atoms with Crippen molar-refractivity contribution in [2.75, 3.05) is 12.9 Å². The van der Waals surface area contributed by atoms with Gasteiger partial charge in [-0.25, -0.2) is 0 Å². The fourth-order valence-corrected chi connectivity index (χ4v) is 5.54. The molecule has 0 bridgehead atoms. The zero-order valence-electron chi connectivity index (χ0n) is 15.2. The molecule has 2 atom stereocenters. The number of thioether (sulfide) groups is 1. The minimum absolute atomic E-state index is 0.0634. The topological polar surface area (TPSA) is 58.6 Å². The number of fused-ring (bicyclic) bond motifs is 1. The standard InChI is InChI=1S/C21H22N2O3S/c1-26-17-9-7-15(8-10-17)13-22-20(25)18-14-27-21(12-11-19(24)23(18)21)16-5-3-2-4-6-16/h2-10,18H,11-14H2,1H3,(H,22,25)/t18-,21+/m1/s1. The van der Waals surface area contributed by atoms with Crippen LogP contribution >= 0.6 is 11.8 Å². The average Bonchev–Trinajstić information content (AvgIpc) is 3.26. The van der Waals surface area contributed by atoms with E-state index in [2.05, 4.69) is 17.4 Å². The summed E-state index contributed by atoms with van der Waals surface area (Å²) in [5, 5.41) is 2.99. The lowest BCUT2D eigenvalue weighted by molar-refractivity contribution is -0.138. The van der Waals surface area contributed by atoms with Gasteiger partial charge < -0.3 is 15.0 Å². The maximum Gasteiger partial charge on any atom is 0.244 e. The SMILES string of the molecule is COc1ccc(CNC(=O)[C@H]2CS[C@]3(c4ccccc4)CCC(=O)N23)cc1. The number of nitrogens with one attached hydrogen (secondary N) is 1. The Balaban J connectivity index is 1.49. The minimum Gasteiger partial charge on any atom is -0.497 e. The van der Waals surface area contributed by atoms with Gasteiger partial charge in [0.1, 0.15) is 16.7 Å². The quantitative estimate of drug-likeness (QED) is 0.864. The van der Waals surface area contributed by atoms with Gasteiger partial charge in [0.05, 0.1) is 7.11 Å². The first kappa shape index (κ1) is 17.9. The number of hydrogen-bond acceptors (Lipinski definition) is 4. The molecule has 27 heavy (non-hydrogen) atoms. The summed E-state index contributed by atoms with van der Waals surface area (Å²) in [6, 6.07) is 17.2. The second-order valence-electron chi connectivity index (χ2n) is 6.81. The summed E-state index contributed by atoms with van der Waals surface area (Å²) in [5.74, 6) is 1.38. The molecule has 2 aliphatic rings. The van der Waals surface area contributed by atoms with Crippen LogP contribution in [-0.2, 0) is 21.0 Å². The van der Waals surface area contributed by atoms with Crippen molar-refractivity contribution in [3.05, 3.63) is 65.7 Å². The molecule has 0 aromatic heterocycles. The highest BCUT2D eigenvalue weighted by Gasteiger charge is 2.56. The Morgan fingerprint density at radius 2 is 1.96 bits per heavy atom. The predicted molar refractivity (Wildman–Crippen MR) is 105 cm³/mol. The summed E-state index contributed by atoms with van der Waals surface area (Å²) < 4.78 is 5.15. The summed E-state index contributed by atoms with van der Waals surface area (Å²) >= 11 is 1.71. The van der Waals surface area contributed by atoms with E-state index in [0.29, 0.717) is 18.7 Å². The lowest BCUT2D eigenvalue weighted by atomic mass is 10.0. The maximum atomic E-state index is 12.9. The molecule has 2 amide bonds. The maximum absolute atomic E-state index is 12.9. The third-order valence-corrected chi connectivity index (χ3v) is 6.88. The van der Waals surface area contributed by atoms with Crippen LogP contribution in [0.25, 0.3) is 0 Å². The highest BCUT2D eigenvalue weighted by molar-refractivity contribution is 8.00. The Morgan fingerprint density at radius 3 is 2.67 bits per heavy atom. The van der Waals surface area contributed by atoms with Crippen molar-refractivity contribution in [1.82, 2.24) is 10.2 Å². The van der Waals surface area contributed by atoms with E-state index in [0.717, 1.165) is 23.3 Å². The van der Waals surface area contributed by atoms with Crippen LogP contribution in [0.5, 0.6) is 5.75 Å². The van der Waals surface area contributed by atoms with Gasteiger partial charge in [0.2, 0.25) is 11.8 Å². The Bertz CT molecular complexity index is 840. The minimum atomic E-state index is -0.427. The zero-order valence-corrected chi connectivity index (χ0v) is 16.0. The molecule has 0 radical (unpaired) electrons. The van der Waals surface area contributed by atoms with Gasteiger partial charge in [0.25, 0.3) is 0 Å². The zero-order chi connectivity index (χ0) is 18.9. The van der Waals surface area contributed by atoms with E-state index in [1.54, 1.807) is 18.9 Å². The van der Waals surface area contributed by atoms with E-state index in [-0.39, 0.29) is 11.8 Å². The molecule has 2 aliphatic heterocycles. The van der Waals surface area contributed by atoms with Crippen LogP contribution in [0.4, 0.5) is 0 Å². The molecule has 0 spiro atoms. The first-order chi connectivity index (χ1) is 13.1. The van der Waals surface area contributed by atoms with E-state index >= 15 is 0 Å². The molecule has 0 aliphatic carbocycles. The largest absolute Gasteiger partial charge is 0.497 e. The smallest absolute Gasteiger partial charge is 0.244 e. The number of benzene rings is 2. The summed E-state index contributed by atoms with van der Waals surface area (Å²) in [6.45, 7) is 0.435. The van der Waals surface area contributed by atoms with E-state index < -0.39 is 10.9 Å². The van der Waals surface area contributed by atoms with Crippen LogP contribution in [-0.4, -0.2) is 35.6 Å². The molecule has 140 valence electrons. The fourth-order valence-electron chi connectivity index (χ4n) is 3.89. The number of amides is 2. The second-order valence-corrected chi connectivity index (χ2v) is 8.10. The summed E-state index contributed by atoms with van der Waals surface area (Å²) in [6.07, 6.45) is 1.24. The molecular weight excluding hydrogens is 360 g/mol. The molecule has 2 aromatic carbocycles. The van der Waals surface area contributed by atoms with E-state index in [1.165, 1.54) is 0 Å². The Kier molecular flexibility index (Phi) is 4.83. The molecule has 4 rings (SSSR count). The van der Waals surface area contributed by atoms with Crippen molar-refractivity contribution < 1.29 is 14.3 Å². The van der Waals surface area contributed by atoms with Gasteiger partial charge >= 0.3 is 0 Å². The first-order valence-corrected chi connectivity index (χ1v) is 10.0. The molecule has 0 unspecified atom stereocenters. The molecular formula is C21H22N2O3S. The molecule has 2 saturated heterocycles. The number of ether oxygens (including phenoxy) is 1. The van der Waals surface area contributed by atoms with Crippen molar-refractivity contribution >= 4 is 23.6 Å². The predicted octanol–water partition coefficient (Wildman–Crippen LogP) is 2.90. The molecule has 6 heteroatoms. The normalized spacial score (nSPS) is 24.0. The van der Waals surface area contributed by atoms with Gasteiger partial charge in [-0.1, -0.05) is 42.5 Å². The van der Waals surface area contributed by atoms with Gasteiger partial charge in [0, 0.05) is 18.7 Å². The van der Waals surface area contributed by atoms with Crippen molar-refractivity contribution in [2.45, 2.75) is 30.3 Å². The molecule has 1 N–H and O–H groups in total. The van der Waals surface area contributed by atoms with Crippen LogP contribution in [0.2, 0.25) is 0 Å². The Morgan fingerprint density at radius 1 is 1.22 bits per heavy atom. The highest BCUT2D eigenvalue weighted by Crippen LogP contribution is 2.54. The van der Waals surface area contributed by atoms with Gasteiger partial charge in [-0.3, -0.25) is 9.59 Å². The number of carbonyl (C=O) groups is 2. The van der Waals surface area contributed by atoms with Crippen LogP contribution in [0, 0.1) is 0 Å². The van der Waals surface area contributed by atoms with Crippen LogP contribution in [0.3, 0.4) is 0 Å². The molecule has 0 saturated carbocycles. The fraction of sp³-hybridized carbons (Fsp3) is 0.333. The number of carbonyl (C=O) groups excluding carboxylic acids is 2. The number of hydrogen-bond donors (Lipinski definition) is 1. The van der Waals surface area contributed by atoms with Gasteiger partial charge in [-0.15, -0.1) is 11.8 Å². The summed E-state index contributed by atoms with van der Waals surface area (Å²) in [4.78, 5) is 26.9. The second kappa shape index (κ2) is 7.27. The van der Waals surface area contributed by atoms with Gasteiger partial charge in [-0.05, 0) is 29.7 Å². The molecule has 2 aromatic rings. The molecule has 2 heterocycles. The lowest BCUT2D eigenvalue weighted by Crippen LogP contribution is -2.49. The van der Waals surface area contributed by atoms with Crippen LogP contribution < -0.4 is 10.1 Å². The number of methoxy groups -OCH3 is 1. The average molecular weight is 382 g/mol. The first-order valence-electron chi connectivity index (χ1n) is 9.06. The number of rotatable bonds is 5. The highest BCUT2D eigenvalue weighted by atomic mass is 32.2. The van der Waals surface area contributed by atoms with Gasteiger partial charge in [-0.2, -0.15) is 0 Å². The van der Waals surface area contributed by atoms with Crippen molar-refractivity contribution in [1.29, 1.82) is 0 Å². The summed E-state index contributed by atoms with van der Waals surface area (Å²) in [7, 11) is 1.63. The Labute approximate surface area is 163 Å². The van der Waals surface area contributed by atoms with Crippen LogP contribution in [0.15, 0.2) is 54.6 Å². The van der Waals surface area contributed by atoms with Gasteiger partial charge in [0.15, 0.2) is 0 Å². The third kappa shape index (κ3) is 3.18. The molecule has 5 nitrogen and oxygen atoms in total. The van der Waals surface area contributed by atoms with Crippen molar-refractivity contribution in [2.24, 2.45) is 0 Å². The van der Waals surface area contributed by atoms with E-state index in [9.17, 15) is 9.59 Å². The monoisotopic (exact) mass is 382 g/mol. The summed E-state index contributed by atoms with van der Waals surface area (Å²) in [5.41, 5.74) is 2.10. The van der Waals surface area contributed by atoms with E-state index in [4.69, 9.17) is 4.74 Å². The van der Waals surface area contributed by atoms with Crippen molar-refractivity contribution in [3.63, 3.8) is 0 Å². The lowest BCUT2D eigenvalue weighted by Gasteiger charge is -2.34. The van der Waals surface area contributed by atoms with E-state index in [1.807, 2.05) is 47.4 Å². The van der Waals surface area contributed by atoms with Crippen molar-refractivity contribution in [3.8, 4) is 5.75 Å². The number of nitrogens with zero attached hydrogens (tertiary/aromatic N) is 1. The van der Waals surface area contributed by atoms with Crippen LogP contribution in [0.1, 0.15) is 24.0 Å². The third-order valence-electron chi connectivity index (χ3n) is 5.28. The Hall–Kier alpha value is -2.47. The molecule has 2 fully saturated rings.